The third kappa shape index (κ3) is 44.4. The predicted molar refractivity (Wildman–Crippen MR) is 273 cm³/mol. The molecule has 63 heavy (non-hydrogen) atoms. The van der Waals surface area contributed by atoms with Gasteiger partial charge in [-0.1, -0.05) is 233 Å². The van der Waals surface area contributed by atoms with Crippen molar-refractivity contribution in [2.45, 2.75) is 284 Å². The standard InChI is InChI=1S/C55H110N2O3.CH2O2/c1-6-10-26-36-52(37-27-11-7-2)40-30-22-18-15-14-16-19-23-31-41-54(59-50-35-34-45-57-48-46-56(5)47-49-57)42-32-24-20-17-21-25-33-43-55(58)60-51-44-53(38-28-12-8-3)39-29-13-9-4;2-1-3/h52-54H,6-51H2,1-5H3;1H,(H,2,3). The fourth-order valence-electron chi connectivity index (χ4n) is 9.65. The summed E-state index contributed by atoms with van der Waals surface area (Å²) in [6.07, 6.45) is 52.0. The van der Waals surface area contributed by atoms with E-state index in [1.807, 2.05) is 0 Å². The van der Waals surface area contributed by atoms with Gasteiger partial charge in [0.15, 0.2) is 0 Å². The molecule has 1 aliphatic rings. The van der Waals surface area contributed by atoms with Gasteiger partial charge in [-0.15, -0.1) is 0 Å². The second-order valence-corrected chi connectivity index (χ2v) is 19.9. The summed E-state index contributed by atoms with van der Waals surface area (Å²) >= 11 is 0. The van der Waals surface area contributed by atoms with Crippen LogP contribution in [0.25, 0.3) is 0 Å². The quantitative estimate of drug-likeness (QED) is 0.0370. The van der Waals surface area contributed by atoms with Crippen LogP contribution in [-0.2, 0) is 19.1 Å². The summed E-state index contributed by atoms with van der Waals surface area (Å²) in [6, 6.07) is 0. The van der Waals surface area contributed by atoms with E-state index in [4.69, 9.17) is 19.4 Å². The molecule has 0 spiro atoms. The van der Waals surface area contributed by atoms with Crippen molar-refractivity contribution in [2.75, 3.05) is 53.0 Å². The third-order valence-electron chi connectivity index (χ3n) is 14.0. The molecule has 1 fully saturated rings. The van der Waals surface area contributed by atoms with E-state index in [1.54, 1.807) is 0 Å². The van der Waals surface area contributed by atoms with E-state index in [0.717, 1.165) is 37.7 Å². The molecule has 7 nitrogen and oxygen atoms in total. The Morgan fingerprint density at radius 2 is 0.841 bits per heavy atom. The van der Waals surface area contributed by atoms with Gasteiger partial charge in [0.1, 0.15) is 0 Å². The molecule has 7 heteroatoms. The molecule has 1 saturated heterocycles. The van der Waals surface area contributed by atoms with Crippen LogP contribution in [0.15, 0.2) is 0 Å². The largest absolute Gasteiger partial charge is 0.483 e. The zero-order valence-electron chi connectivity index (χ0n) is 43.3. The lowest BCUT2D eigenvalue weighted by atomic mass is 9.90. The molecule has 0 aliphatic carbocycles. The first-order valence-corrected chi connectivity index (χ1v) is 28.2. The normalized spacial score (nSPS) is 14.0. The average Bonchev–Trinajstić information content (AvgIpc) is 3.28. The van der Waals surface area contributed by atoms with Crippen molar-refractivity contribution in [1.29, 1.82) is 0 Å². The van der Waals surface area contributed by atoms with Crippen molar-refractivity contribution in [3.05, 3.63) is 0 Å². The Labute approximate surface area is 394 Å². The van der Waals surface area contributed by atoms with Crippen LogP contribution in [0.4, 0.5) is 0 Å². The highest BCUT2D eigenvalue weighted by atomic mass is 16.5. The Kier molecular flexibility index (Phi) is 49.3. The number of hydrogen-bond donors (Lipinski definition) is 1. The summed E-state index contributed by atoms with van der Waals surface area (Å²) in [7, 11) is 2.25. The summed E-state index contributed by atoms with van der Waals surface area (Å²) in [5.41, 5.74) is 0. The van der Waals surface area contributed by atoms with E-state index in [1.165, 1.54) is 257 Å². The minimum Gasteiger partial charge on any atom is -0.483 e. The molecule has 0 saturated carbocycles. The van der Waals surface area contributed by atoms with Crippen LogP contribution >= 0.6 is 0 Å². The molecule has 0 bridgehead atoms. The van der Waals surface area contributed by atoms with Crippen molar-refractivity contribution in [1.82, 2.24) is 9.80 Å². The number of hydrogen-bond acceptors (Lipinski definition) is 6. The molecule has 1 atom stereocenters. The number of carbonyl (C=O) groups excluding carboxylic acids is 1. The number of esters is 1. The Morgan fingerprint density at radius 3 is 1.27 bits per heavy atom. The van der Waals surface area contributed by atoms with Crippen LogP contribution in [0.2, 0.25) is 0 Å². The monoisotopic (exact) mass is 893 g/mol. The minimum atomic E-state index is -0.250. The molecule has 0 aromatic carbocycles. The number of piperazine rings is 1. The number of carboxylic acid groups (broad SMARTS) is 1. The molecule has 1 rings (SSSR count). The van der Waals surface area contributed by atoms with Crippen molar-refractivity contribution < 1.29 is 24.2 Å². The zero-order valence-corrected chi connectivity index (χ0v) is 43.3. The maximum Gasteiger partial charge on any atom is 0.305 e. The van der Waals surface area contributed by atoms with Gasteiger partial charge in [-0.25, -0.2) is 0 Å². The van der Waals surface area contributed by atoms with Gasteiger partial charge in [0.25, 0.3) is 6.47 Å². The minimum absolute atomic E-state index is 0.0290. The van der Waals surface area contributed by atoms with E-state index in [9.17, 15) is 4.79 Å². The predicted octanol–water partition coefficient (Wildman–Crippen LogP) is 16.4. The molecule has 1 aliphatic heterocycles. The molecule has 1 unspecified atom stereocenters. The molecule has 0 radical (unpaired) electrons. The van der Waals surface area contributed by atoms with Gasteiger partial charge in [-0.2, -0.15) is 0 Å². The number of unbranched alkanes of at least 4 members (excludes halogenated alkanes) is 23. The first kappa shape index (κ1) is 61.8. The summed E-state index contributed by atoms with van der Waals surface area (Å²) in [5, 5.41) is 6.89. The van der Waals surface area contributed by atoms with Gasteiger partial charge in [0, 0.05) is 39.2 Å². The van der Waals surface area contributed by atoms with Crippen LogP contribution in [-0.4, -0.2) is 86.4 Å². The van der Waals surface area contributed by atoms with E-state index in [0.29, 0.717) is 19.1 Å². The molecular formula is C56H112N2O5. The Hall–Kier alpha value is -1.18. The van der Waals surface area contributed by atoms with E-state index in [-0.39, 0.29) is 12.4 Å². The van der Waals surface area contributed by atoms with Gasteiger partial charge in [-0.3, -0.25) is 9.59 Å². The van der Waals surface area contributed by atoms with Crippen molar-refractivity contribution >= 4 is 12.4 Å². The van der Waals surface area contributed by atoms with Gasteiger partial charge < -0.3 is 24.4 Å². The van der Waals surface area contributed by atoms with Crippen LogP contribution in [0.3, 0.4) is 0 Å². The fraction of sp³-hybridized carbons (Fsp3) is 0.964. The summed E-state index contributed by atoms with van der Waals surface area (Å²) in [5.74, 6) is 1.77. The van der Waals surface area contributed by atoms with Crippen LogP contribution in [0.5, 0.6) is 0 Å². The van der Waals surface area contributed by atoms with Crippen molar-refractivity contribution in [3.63, 3.8) is 0 Å². The maximum absolute atomic E-state index is 12.4. The first-order chi connectivity index (χ1) is 30.9. The first-order valence-electron chi connectivity index (χ1n) is 28.2. The van der Waals surface area contributed by atoms with Crippen LogP contribution in [0, 0.1) is 11.8 Å². The van der Waals surface area contributed by atoms with Crippen LogP contribution < -0.4 is 0 Å². The molecule has 1 heterocycles. The molecule has 376 valence electrons. The summed E-state index contributed by atoms with van der Waals surface area (Å²) in [4.78, 5) is 25.9. The van der Waals surface area contributed by atoms with Crippen LogP contribution in [0.1, 0.15) is 278 Å². The SMILES string of the molecule is CCCCCC(CCCCC)CCCCCCCCCCCC(CCCCCCCCCC(=O)OCCC(CCCCC)CCCCC)OCCCCN1CCN(C)CC1.O=CO. The van der Waals surface area contributed by atoms with E-state index < -0.39 is 0 Å². The van der Waals surface area contributed by atoms with E-state index >= 15 is 0 Å². The lowest BCUT2D eigenvalue weighted by Crippen LogP contribution is -2.44. The van der Waals surface area contributed by atoms with E-state index in [2.05, 4.69) is 44.5 Å². The lowest BCUT2D eigenvalue weighted by molar-refractivity contribution is -0.144. The molecule has 0 amide bonds. The topological polar surface area (TPSA) is 79.3 Å². The van der Waals surface area contributed by atoms with Gasteiger partial charge in [0.05, 0.1) is 12.7 Å². The molecule has 0 aromatic rings. The highest BCUT2D eigenvalue weighted by Gasteiger charge is 2.15. The Bertz CT molecular complexity index is 892. The number of nitrogens with zero attached hydrogens (tertiary/aromatic N) is 2. The summed E-state index contributed by atoms with van der Waals surface area (Å²) < 4.78 is 12.3. The average molecular weight is 894 g/mol. The second kappa shape index (κ2) is 50.2. The third-order valence-corrected chi connectivity index (χ3v) is 14.0. The Morgan fingerprint density at radius 1 is 0.476 bits per heavy atom. The number of ether oxygens (including phenoxy) is 2. The van der Waals surface area contributed by atoms with Crippen molar-refractivity contribution in [3.8, 4) is 0 Å². The number of likely N-dealkylation sites (N-methyl/N-ethyl adjacent to an activating group) is 1. The second-order valence-electron chi connectivity index (χ2n) is 19.9. The number of carbonyl (C=O) groups is 2. The van der Waals surface area contributed by atoms with Gasteiger partial charge in [0.2, 0.25) is 0 Å². The molecule has 1 N–H and O–H groups in total. The zero-order chi connectivity index (χ0) is 46.1. The number of rotatable bonds is 47. The Balaban J connectivity index is 0.0000124. The lowest BCUT2D eigenvalue weighted by Gasteiger charge is -2.32. The highest BCUT2D eigenvalue weighted by Crippen LogP contribution is 2.25. The fourth-order valence-corrected chi connectivity index (χ4v) is 9.65. The van der Waals surface area contributed by atoms with Gasteiger partial charge >= 0.3 is 5.97 Å². The molecule has 0 aromatic heterocycles. The molecular weight excluding hydrogens is 781 g/mol. The summed E-state index contributed by atoms with van der Waals surface area (Å²) in [6.45, 7) is 16.7. The highest BCUT2D eigenvalue weighted by molar-refractivity contribution is 5.69. The van der Waals surface area contributed by atoms with Crippen molar-refractivity contribution in [2.24, 2.45) is 11.8 Å². The maximum atomic E-state index is 12.4. The smallest absolute Gasteiger partial charge is 0.305 e. The van der Waals surface area contributed by atoms with Gasteiger partial charge in [-0.05, 0) is 64.0 Å².